The molecule has 2 aromatic carbocycles. The first-order valence-electron chi connectivity index (χ1n) is 7.26. The average molecular weight is 336 g/mol. The Morgan fingerprint density at radius 3 is 2.61 bits per heavy atom. The second kappa shape index (κ2) is 6.87. The van der Waals surface area contributed by atoms with Crippen LogP contribution in [0.5, 0.6) is 11.5 Å². The number of hydrogen-bond acceptors (Lipinski definition) is 3. The van der Waals surface area contributed by atoms with Crippen molar-refractivity contribution in [2.75, 3.05) is 18.5 Å². The van der Waals surface area contributed by atoms with Gasteiger partial charge in [-0.1, -0.05) is 29.8 Å². The lowest BCUT2D eigenvalue weighted by Crippen LogP contribution is -2.15. The Kier molecular flexibility index (Phi) is 4.67. The Labute approximate surface area is 138 Å². The van der Waals surface area contributed by atoms with Crippen LogP contribution in [-0.4, -0.2) is 19.1 Å². The second-order valence-corrected chi connectivity index (χ2v) is 5.55. The van der Waals surface area contributed by atoms with Crippen molar-refractivity contribution < 1.29 is 18.7 Å². The van der Waals surface area contributed by atoms with Crippen molar-refractivity contribution in [1.29, 1.82) is 0 Å². The molecule has 1 aliphatic heterocycles. The lowest BCUT2D eigenvalue weighted by atomic mass is 10.1. The minimum absolute atomic E-state index is 0.0720. The Hall–Kier alpha value is -2.27. The highest BCUT2D eigenvalue weighted by Gasteiger charge is 2.16. The molecular weight excluding hydrogens is 321 g/mol. The van der Waals surface area contributed by atoms with Crippen molar-refractivity contribution in [3.05, 3.63) is 52.8 Å². The fourth-order valence-electron chi connectivity index (χ4n) is 2.29. The number of benzene rings is 2. The number of halogens is 2. The maximum atomic E-state index is 13.6. The van der Waals surface area contributed by atoms with E-state index in [0.717, 1.165) is 6.42 Å². The van der Waals surface area contributed by atoms with Gasteiger partial charge >= 0.3 is 0 Å². The van der Waals surface area contributed by atoms with Gasteiger partial charge < -0.3 is 14.8 Å². The molecule has 1 heterocycles. The molecule has 120 valence electrons. The van der Waals surface area contributed by atoms with E-state index < -0.39 is 5.82 Å². The minimum atomic E-state index is -0.410. The molecule has 1 amide bonds. The zero-order valence-corrected chi connectivity index (χ0v) is 13.0. The van der Waals surface area contributed by atoms with Crippen LogP contribution in [0.25, 0.3) is 0 Å². The van der Waals surface area contributed by atoms with Crippen molar-refractivity contribution in [3.8, 4) is 11.5 Å². The quantitative estimate of drug-likeness (QED) is 0.927. The molecule has 23 heavy (non-hydrogen) atoms. The van der Waals surface area contributed by atoms with Crippen molar-refractivity contribution in [2.45, 2.75) is 12.8 Å². The molecule has 6 heteroatoms. The SMILES string of the molecule is O=C(Cc1ccccc1F)Nc1cc2c(cc1Cl)OCCCO2. The third-order valence-electron chi connectivity index (χ3n) is 3.42. The predicted octanol–water partition coefficient (Wildman–Crippen LogP) is 3.82. The van der Waals surface area contributed by atoms with Gasteiger partial charge in [-0.3, -0.25) is 4.79 Å². The molecule has 0 saturated heterocycles. The van der Waals surface area contributed by atoms with Gasteiger partial charge in [-0.2, -0.15) is 0 Å². The zero-order valence-electron chi connectivity index (χ0n) is 12.3. The van der Waals surface area contributed by atoms with Gasteiger partial charge in [0, 0.05) is 18.6 Å². The summed E-state index contributed by atoms with van der Waals surface area (Å²) in [5.41, 5.74) is 0.743. The van der Waals surface area contributed by atoms with E-state index >= 15 is 0 Å². The molecular formula is C17H15ClFNO3. The Morgan fingerprint density at radius 1 is 1.17 bits per heavy atom. The van der Waals surface area contributed by atoms with Crippen LogP contribution < -0.4 is 14.8 Å². The lowest BCUT2D eigenvalue weighted by molar-refractivity contribution is -0.115. The van der Waals surface area contributed by atoms with Crippen LogP contribution in [0.2, 0.25) is 5.02 Å². The van der Waals surface area contributed by atoms with Crippen LogP contribution >= 0.6 is 11.6 Å². The number of nitrogens with one attached hydrogen (secondary N) is 1. The molecule has 1 aliphatic rings. The van der Waals surface area contributed by atoms with Gasteiger partial charge in [0.1, 0.15) is 5.82 Å². The molecule has 0 saturated carbocycles. The first-order chi connectivity index (χ1) is 11.1. The summed E-state index contributed by atoms with van der Waals surface area (Å²) >= 11 is 6.17. The molecule has 4 nitrogen and oxygen atoms in total. The molecule has 0 aromatic heterocycles. The van der Waals surface area contributed by atoms with Gasteiger partial charge in [0.2, 0.25) is 5.91 Å². The van der Waals surface area contributed by atoms with Crippen LogP contribution in [0.15, 0.2) is 36.4 Å². The van der Waals surface area contributed by atoms with E-state index in [9.17, 15) is 9.18 Å². The number of carbonyl (C=O) groups excluding carboxylic acids is 1. The highest BCUT2D eigenvalue weighted by Crippen LogP contribution is 2.37. The van der Waals surface area contributed by atoms with E-state index in [1.54, 1.807) is 30.3 Å². The molecule has 0 atom stereocenters. The van der Waals surface area contributed by atoms with Crippen LogP contribution in [0.4, 0.5) is 10.1 Å². The maximum absolute atomic E-state index is 13.6. The number of hydrogen-bond donors (Lipinski definition) is 1. The molecule has 1 N–H and O–H groups in total. The summed E-state index contributed by atoms with van der Waals surface area (Å²) in [6.07, 6.45) is 0.707. The van der Waals surface area contributed by atoms with E-state index in [1.807, 2.05) is 0 Å². The summed E-state index contributed by atoms with van der Waals surface area (Å²) in [7, 11) is 0. The smallest absolute Gasteiger partial charge is 0.228 e. The number of fused-ring (bicyclic) bond motifs is 1. The van der Waals surface area contributed by atoms with E-state index in [1.165, 1.54) is 6.07 Å². The zero-order chi connectivity index (χ0) is 16.2. The van der Waals surface area contributed by atoms with Crippen LogP contribution in [-0.2, 0) is 11.2 Å². The lowest BCUT2D eigenvalue weighted by Gasteiger charge is -2.12. The molecule has 0 unspecified atom stereocenters. The molecule has 0 radical (unpaired) electrons. The molecule has 3 rings (SSSR count). The van der Waals surface area contributed by atoms with E-state index in [2.05, 4.69) is 5.32 Å². The first-order valence-corrected chi connectivity index (χ1v) is 7.63. The highest BCUT2D eigenvalue weighted by atomic mass is 35.5. The fraction of sp³-hybridized carbons (Fsp3) is 0.235. The molecule has 2 aromatic rings. The summed E-state index contributed by atoms with van der Waals surface area (Å²) in [5, 5.41) is 3.03. The van der Waals surface area contributed by atoms with Crippen LogP contribution in [0.1, 0.15) is 12.0 Å². The second-order valence-electron chi connectivity index (χ2n) is 5.15. The Morgan fingerprint density at radius 2 is 1.87 bits per heavy atom. The van der Waals surface area contributed by atoms with Crippen molar-refractivity contribution in [3.63, 3.8) is 0 Å². The molecule has 0 spiro atoms. The maximum Gasteiger partial charge on any atom is 0.228 e. The van der Waals surface area contributed by atoms with Crippen molar-refractivity contribution in [2.24, 2.45) is 0 Å². The first kappa shape index (κ1) is 15.6. The predicted molar refractivity (Wildman–Crippen MR) is 85.8 cm³/mol. The van der Waals surface area contributed by atoms with Gasteiger partial charge in [0.15, 0.2) is 11.5 Å². The Balaban J connectivity index is 1.76. The third kappa shape index (κ3) is 3.74. The van der Waals surface area contributed by atoms with Crippen LogP contribution in [0.3, 0.4) is 0 Å². The van der Waals surface area contributed by atoms with Gasteiger partial charge in [-0.05, 0) is 11.6 Å². The third-order valence-corrected chi connectivity index (χ3v) is 3.73. The van der Waals surface area contributed by atoms with Gasteiger partial charge in [-0.15, -0.1) is 0 Å². The van der Waals surface area contributed by atoms with Gasteiger partial charge in [0.25, 0.3) is 0 Å². The standard InChI is InChI=1S/C17H15ClFNO3/c18-12-9-15-16(23-7-3-6-22-15)10-14(12)20-17(21)8-11-4-1-2-5-13(11)19/h1-2,4-5,9-10H,3,6-8H2,(H,20,21). The highest BCUT2D eigenvalue weighted by molar-refractivity contribution is 6.34. The van der Waals surface area contributed by atoms with Crippen LogP contribution in [0, 0.1) is 5.82 Å². The monoisotopic (exact) mass is 335 g/mol. The average Bonchev–Trinajstić information content (AvgIpc) is 2.75. The normalized spacial score (nSPS) is 13.3. The molecule has 0 bridgehead atoms. The number of carbonyl (C=O) groups is 1. The molecule has 0 fully saturated rings. The largest absolute Gasteiger partial charge is 0.490 e. The number of anilines is 1. The van der Waals surface area contributed by atoms with Gasteiger partial charge in [0.05, 0.1) is 30.3 Å². The van der Waals surface area contributed by atoms with E-state index in [0.29, 0.717) is 41.0 Å². The van der Waals surface area contributed by atoms with E-state index in [-0.39, 0.29) is 12.3 Å². The molecule has 0 aliphatic carbocycles. The Bertz CT molecular complexity index is 736. The summed E-state index contributed by atoms with van der Waals surface area (Å²) in [4.78, 5) is 12.1. The van der Waals surface area contributed by atoms with Crippen molar-refractivity contribution >= 4 is 23.2 Å². The number of ether oxygens (including phenoxy) is 2. The number of amides is 1. The number of rotatable bonds is 3. The topological polar surface area (TPSA) is 47.6 Å². The fourth-order valence-corrected chi connectivity index (χ4v) is 2.49. The summed E-state index contributed by atoms with van der Waals surface area (Å²) in [6, 6.07) is 9.40. The summed E-state index contributed by atoms with van der Waals surface area (Å²) < 4.78 is 24.7. The summed E-state index contributed by atoms with van der Waals surface area (Å²) in [5.74, 6) is 0.326. The minimum Gasteiger partial charge on any atom is -0.490 e. The summed E-state index contributed by atoms with van der Waals surface area (Å²) in [6.45, 7) is 1.10. The van der Waals surface area contributed by atoms with Crippen molar-refractivity contribution in [1.82, 2.24) is 0 Å². The van der Waals surface area contributed by atoms with E-state index in [4.69, 9.17) is 21.1 Å². The van der Waals surface area contributed by atoms with Gasteiger partial charge in [-0.25, -0.2) is 4.39 Å².